The first kappa shape index (κ1) is 12.6. The van der Waals surface area contributed by atoms with E-state index in [2.05, 4.69) is 10.2 Å². The van der Waals surface area contributed by atoms with Crippen molar-refractivity contribution in [1.29, 1.82) is 0 Å². The third-order valence-electron chi connectivity index (χ3n) is 3.26. The van der Waals surface area contributed by atoms with Crippen molar-refractivity contribution in [2.24, 2.45) is 5.92 Å². The van der Waals surface area contributed by atoms with Crippen LogP contribution in [0.4, 0.5) is 0 Å². The summed E-state index contributed by atoms with van der Waals surface area (Å²) in [5.41, 5.74) is 1.28. The number of aliphatic carboxylic acids is 1. The Bertz CT molecular complexity index is 467. The molecule has 1 saturated heterocycles. The standard InChI is InChI=1S/C12H17N3O3/c1-7(2)9-5-10(14-13-9)11(16)15-4-3-8(6-15)12(17)18/h5,7-8H,3-4,6H2,1-2H3,(H,13,14)(H,17,18)/t8-/m1/s1. The van der Waals surface area contributed by atoms with E-state index in [1.54, 1.807) is 11.0 Å². The van der Waals surface area contributed by atoms with Crippen molar-refractivity contribution in [3.8, 4) is 0 Å². The fourth-order valence-corrected chi connectivity index (χ4v) is 2.05. The van der Waals surface area contributed by atoms with Crippen LogP contribution in [0.1, 0.15) is 42.4 Å². The van der Waals surface area contributed by atoms with Crippen LogP contribution in [-0.4, -0.2) is 45.2 Å². The Kier molecular flexibility index (Phi) is 3.36. The molecule has 6 nitrogen and oxygen atoms in total. The molecule has 1 aliphatic heterocycles. The smallest absolute Gasteiger partial charge is 0.308 e. The van der Waals surface area contributed by atoms with Crippen LogP contribution in [0.2, 0.25) is 0 Å². The summed E-state index contributed by atoms with van der Waals surface area (Å²) in [4.78, 5) is 24.5. The van der Waals surface area contributed by atoms with Crippen molar-refractivity contribution in [3.63, 3.8) is 0 Å². The van der Waals surface area contributed by atoms with Gasteiger partial charge in [-0.1, -0.05) is 13.8 Å². The molecule has 6 heteroatoms. The number of nitrogens with zero attached hydrogens (tertiary/aromatic N) is 2. The van der Waals surface area contributed by atoms with Crippen molar-refractivity contribution >= 4 is 11.9 Å². The maximum Gasteiger partial charge on any atom is 0.308 e. The van der Waals surface area contributed by atoms with Gasteiger partial charge in [0.25, 0.3) is 5.91 Å². The quantitative estimate of drug-likeness (QED) is 0.841. The van der Waals surface area contributed by atoms with E-state index in [0.717, 1.165) is 5.69 Å². The van der Waals surface area contributed by atoms with Gasteiger partial charge in [0.2, 0.25) is 0 Å². The predicted octanol–water partition coefficient (Wildman–Crippen LogP) is 1.08. The fourth-order valence-electron chi connectivity index (χ4n) is 2.05. The average Bonchev–Trinajstić information content (AvgIpc) is 2.97. The highest BCUT2D eigenvalue weighted by molar-refractivity contribution is 5.93. The number of carbonyl (C=O) groups is 2. The molecule has 0 aliphatic carbocycles. The largest absolute Gasteiger partial charge is 0.481 e. The van der Waals surface area contributed by atoms with Crippen molar-refractivity contribution in [2.75, 3.05) is 13.1 Å². The normalized spacial score (nSPS) is 19.5. The molecule has 1 aromatic rings. The lowest BCUT2D eigenvalue weighted by Crippen LogP contribution is -2.30. The minimum Gasteiger partial charge on any atom is -0.481 e. The van der Waals surface area contributed by atoms with Crippen LogP contribution >= 0.6 is 0 Å². The second kappa shape index (κ2) is 4.80. The molecule has 1 fully saturated rings. The van der Waals surface area contributed by atoms with E-state index in [1.165, 1.54) is 0 Å². The SMILES string of the molecule is CC(C)c1cc(C(=O)N2CC[C@@H](C(=O)O)C2)n[nH]1. The summed E-state index contributed by atoms with van der Waals surface area (Å²) in [6, 6.07) is 1.74. The first-order valence-electron chi connectivity index (χ1n) is 6.06. The minimum absolute atomic E-state index is 0.193. The van der Waals surface area contributed by atoms with Gasteiger partial charge < -0.3 is 10.0 Å². The molecule has 18 heavy (non-hydrogen) atoms. The third kappa shape index (κ3) is 2.37. The van der Waals surface area contributed by atoms with Gasteiger partial charge in [-0.25, -0.2) is 0 Å². The molecule has 0 aromatic carbocycles. The number of H-pyrrole nitrogens is 1. The number of hydrogen-bond donors (Lipinski definition) is 2. The molecule has 0 bridgehead atoms. The Morgan fingerprint density at radius 3 is 2.78 bits per heavy atom. The zero-order valence-electron chi connectivity index (χ0n) is 10.5. The lowest BCUT2D eigenvalue weighted by molar-refractivity contribution is -0.141. The third-order valence-corrected chi connectivity index (χ3v) is 3.26. The van der Waals surface area contributed by atoms with Crippen LogP contribution < -0.4 is 0 Å². The summed E-state index contributed by atoms with van der Waals surface area (Å²) >= 11 is 0. The van der Waals surface area contributed by atoms with E-state index in [9.17, 15) is 9.59 Å². The molecular weight excluding hydrogens is 234 g/mol. The summed E-state index contributed by atoms with van der Waals surface area (Å²) in [7, 11) is 0. The number of likely N-dealkylation sites (tertiary alicyclic amines) is 1. The zero-order chi connectivity index (χ0) is 13.3. The molecule has 2 rings (SSSR count). The van der Waals surface area contributed by atoms with E-state index in [-0.39, 0.29) is 18.4 Å². The predicted molar refractivity (Wildman–Crippen MR) is 64.3 cm³/mol. The summed E-state index contributed by atoms with van der Waals surface area (Å²) in [6.07, 6.45) is 0.516. The lowest BCUT2D eigenvalue weighted by atomic mass is 10.1. The Hall–Kier alpha value is -1.85. The van der Waals surface area contributed by atoms with Crippen molar-refractivity contribution in [2.45, 2.75) is 26.2 Å². The summed E-state index contributed by atoms with van der Waals surface area (Å²) in [5.74, 6) is -1.20. The van der Waals surface area contributed by atoms with Crippen LogP contribution in [0.5, 0.6) is 0 Å². The molecule has 2 heterocycles. The number of nitrogens with one attached hydrogen (secondary N) is 1. The minimum atomic E-state index is -0.838. The van der Waals surface area contributed by atoms with Gasteiger partial charge in [-0.05, 0) is 18.4 Å². The van der Waals surface area contributed by atoms with E-state index in [0.29, 0.717) is 18.7 Å². The first-order valence-corrected chi connectivity index (χ1v) is 6.06. The summed E-state index contributed by atoms with van der Waals surface area (Å²) < 4.78 is 0. The number of rotatable bonds is 3. The Morgan fingerprint density at radius 2 is 2.28 bits per heavy atom. The molecule has 2 N–H and O–H groups in total. The molecule has 0 saturated carbocycles. The highest BCUT2D eigenvalue weighted by atomic mass is 16.4. The van der Waals surface area contributed by atoms with Gasteiger partial charge in [-0.3, -0.25) is 14.7 Å². The van der Waals surface area contributed by atoms with Gasteiger partial charge in [0.05, 0.1) is 5.92 Å². The van der Waals surface area contributed by atoms with E-state index in [1.807, 2.05) is 13.8 Å². The zero-order valence-corrected chi connectivity index (χ0v) is 10.5. The highest BCUT2D eigenvalue weighted by Gasteiger charge is 2.32. The number of carbonyl (C=O) groups excluding carboxylic acids is 1. The van der Waals surface area contributed by atoms with Crippen molar-refractivity contribution in [1.82, 2.24) is 15.1 Å². The van der Waals surface area contributed by atoms with E-state index in [4.69, 9.17) is 5.11 Å². The topological polar surface area (TPSA) is 86.3 Å². The molecule has 1 amide bonds. The van der Waals surface area contributed by atoms with Crippen molar-refractivity contribution < 1.29 is 14.7 Å². The Morgan fingerprint density at radius 1 is 1.56 bits per heavy atom. The van der Waals surface area contributed by atoms with Gasteiger partial charge in [0.15, 0.2) is 0 Å². The summed E-state index contributed by atoms with van der Waals surface area (Å²) in [6.45, 7) is 4.79. The van der Waals surface area contributed by atoms with E-state index >= 15 is 0 Å². The van der Waals surface area contributed by atoms with E-state index < -0.39 is 11.9 Å². The maximum atomic E-state index is 12.1. The van der Waals surface area contributed by atoms with Gasteiger partial charge in [0.1, 0.15) is 5.69 Å². The number of aromatic amines is 1. The number of hydrogen-bond acceptors (Lipinski definition) is 3. The lowest BCUT2D eigenvalue weighted by Gasteiger charge is -2.13. The molecule has 98 valence electrons. The summed E-state index contributed by atoms with van der Waals surface area (Å²) in [5, 5.41) is 15.7. The number of aromatic nitrogens is 2. The molecule has 1 aliphatic rings. The van der Waals surface area contributed by atoms with Gasteiger partial charge in [-0.15, -0.1) is 0 Å². The van der Waals surface area contributed by atoms with Gasteiger partial charge in [-0.2, -0.15) is 5.10 Å². The van der Waals surface area contributed by atoms with Crippen LogP contribution in [0.3, 0.4) is 0 Å². The Balaban J connectivity index is 2.05. The average molecular weight is 251 g/mol. The first-order chi connectivity index (χ1) is 8.49. The number of carboxylic acid groups (broad SMARTS) is 1. The van der Waals surface area contributed by atoms with Crippen LogP contribution in [-0.2, 0) is 4.79 Å². The molecule has 1 aromatic heterocycles. The highest BCUT2D eigenvalue weighted by Crippen LogP contribution is 2.19. The van der Waals surface area contributed by atoms with Crippen molar-refractivity contribution in [3.05, 3.63) is 17.5 Å². The maximum absolute atomic E-state index is 12.1. The van der Waals surface area contributed by atoms with Gasteiger partial charge >= 0.3 is 5.97 Å². The van der Waals surface area contributed by atoms with Gasteiger partial charge in [0, 0.05) is 18.8 Å². The second-order valence-corrected chi connectivity index (χ2v) is 4.94. The Labute approximate surface area is 105 Å². The fraction of sp³-hybridized carbons (Fsp3) is 0.583. The van der Waals surface area contributed by atoms with Crippen LogP contribution in [0.25, 0.3) is 0 Å². The molecule has 1 atom stereocenters. The van der Waals surface area contributed by atoms with Crippen LogP contribution in [0.15, 0.2) is 6.07 Å². The monoisotopic (exact) mass is 251 g/mol. The number of carboxylic acids is 1. The number of amides is 1. The molecular formula is C12H17N3O3. The molecule has 0 spiro atoms. The second-order valence-electron chi connectivity index (χ2n) is 4.94. The molecule has 0 unspecified atom stereocenters. The van der Waals surface area contributed by atoms with Crippen LogP contribution in [0, 0.1) is 5.92 Å². The molecule has 0 radical (unpaired) electrons.